The molecular weight excluding hydrogens is 455 g/mol. The predicted molar refractivity (Wildman–Crippen MR) is 111 cm³/mol. The van der Waals surface area contributed by atoms with Gasteiger partial charge in [0.1, 0.15) is 11.6 Å². The highest BCUT2D eigenvalue weighted by molar-refractivity contribution is 9.10. The molecule has 2 aromatic rings. The maximum Gasteiger partial charge on any atom is 0.266 e. The lowest BCUT2D eigenvalue weighted by Crippen LogP contribution is -2.13. The first-order valence-corrected chi connectivity index (χ1v) is 9.33. The molecule has 2 rings (SSSR count). The van der Waals surface area contributed by atoms with E-state index in [0.29, 0.717) is 38.9 Å². The van der Waals surface area contributed by atoms with Gasteiger partial charge in [0.25, 0.3) is 5.91 Å². The molecule has 0 bridgehead atoms. The van der Waals surface area contributed by atoms with Crippen molar-refractivity contribution in [2.75, 3.05) is 19.0 Å². The van der Waals surface area contributed by atoms with Crippen LogP contribution in [0, 0.1) is 11.3 Å². The number of methoxy groups -OCH3 is 1. The summed E-state index contributed by atoms with van der Waals surface area (Å²) in [5.74, 6) is 0.431. The molecule has 0 heterocycles. The molecule has 0 saturated carbocycles. The first-order chi connectivity index (χ1) is 12.9. The van der Waals surface area contributed by atoms with Gasteiger partial charge in [0.05, 0.1) is 29.4 Å². The number of carbonyl (C=O) groups excluding carboxylic acids is 1. The second kappa shape index (κ2) is 9.65. The first kappa shape index (κ1) is 21.1. The van der Waals surface area contributed by atoms with E-state index < -0.39 is 5.91 Å². The van der Waals surface area contributed by atoms with Crippen LogP contribution < -0.4 is 14.8 Å². The van der Waals surface area contributed by atoms with Crippen LogP contribution in [0.2, 0.25) is 10.0 Å². The van der Waals surface area contributed by atoms with Gasteiger partial charge in [-0.05, 0) is 42.8 Å². The number of hydrogen-bond donors (Lipinski definition) is 1. The highest BCUT2D eigenvalue weighted by atomic mass is 79.9. The summed E-state index contributed by atoms with van der Waals surface area (Å²) in [6, 6.07) is 10.1. The summed E-state index contributed by atoms with van der Waals surface area (Å²) in [7, 11) is 1.51. The van der Waals surface area contributed by atoms with Gasteiger partial charge in [-0.3, -0.25) is 4.79 Å². The molecule has 1 N–H and O–H groups in total. The maximum atomic E-state index is 12.5. The summed E-state index contributed by atoms with van der Waals surface area (Å²) in [6.45, 7) is 2.34. The van der Waals surface area contributed by atoms with E-state index in [-0.39, 0.29) is 10.6 Å². The van der Waals surface area contributed by atoms with Crippen molar-refractivity contribution in [2.24, 2.45) is 0 Å². The molecule has 0 aliphatic heterocycles. The largest absolute Gasteiger partial charge is 0.493 e. The smallest absolute Gasteiger partial charge is 0.266 e. The Balaban J connectivity index is 2.36. The minimum Gasteiger partial charge on any atom is -0.493 e. The molecule has 0 aromatic heterocycles. The number of amides is 1. The van der Waals surface area contributed by atoms with Gasteiger partial charge in [0.2, 0.25) is 0 Å². The molecule has 27 heavy (non-hydrogen) atoms. The van der Waals surface area contributed by atoms with E-state index in [1.165, 1.54) is 13.2 Å². The summed E-state index contributed by atoms with van der Waals surface area (Å²) in [5.41, 5.74) is 0.788. The number of benzene rings is 2. The third kappa shape index (κ3) is 5.16. The molecule has 0 atom stereocenters. The van der Waals surface area contributed by atoms with E-state index in [1.807, 2.05) is 13.0 Å². The van der Waals surface area contributed by atoms with E-state index in [0.717, 1.165) is 0 Å². The molecule has 1 amide bonds. The van der Waals surface area contributed by atoms with Crippen molar-refractivity contribution in [3.63, 3.8) is 0 Å². The standard InChI is InChI=1S/C19H15BrCl2N2O3/c1-3-27-17-9-13(20)11(8-16(17)26-2)7-12(10-23)19(25)24-15-6-4-5-14(21)18(15)22/h4-9H,3H2,1-2H3,(H,24,25)/b12-7-. The average Bonchev–Trinajstić information content (AvgIpc) is 2.65. The summed E-state index contributed by atoms with van der Waals surface area (Å²) >= 11 is 15.4. The SMILES string of the molecule is CCOc1cc(Br)c(/C=C(/C#N)C(=O)Nc2cccc(Cl)c2Cl)cc1OC. The van der Waals surface area contributed by atoms with Crippen LogP contribution in [-0.4, -0.2) is 19.6 Å². The highest BCUT2D eigenvalue weighted by Crippen LogP contribution is 2.35. The fraction of sp³-hybridized carbons (Fsp3) is 0.158. The molecular formula is C19H15BrCl2N2O3. The molecule has 0 radical (unpaired) electrons. The Morgan fingerprint density at radius 1 is 1.33 bits per heavy atom. The zero-order valence-electron chi connectivity index (χ0n) is 14.5. The minimum absolute atomic E-state index is 0.113. The number of nitriles is 1. The van der Waals surface area contributed by atoms with E-state index in [1.54, 1.807) is 30.3 Å². The van der Waals surface area contributed by atoms with Crippen LogP contribution >= 0.6 is 39.1 Å². The molecule has 140 valence electrons. The monoisotopic (exact) mass is 468 g/mol. The Morgan fingerprint density at radius 2 is 2.07 bits per heavy atom. The Bertz CT molecular complexity index is 939. The van der Waals surface area contributed by atoms with Crippen molar-refractivity contribution >= 4 is 56.8 Å². The van der Waals surface area contributed by atoms with E-state index >= 15 is 0 Å². The molecule has 0 aliphatic rings. The topological polar surface area (TPSA) is 71.3 Å². The molecule has 0 spiro atoms. The van der Waals surface area contributed by atoms with Gasteiger partial charge in [0, 0.05) is 4.47 Å². The van der Waals surface area contributed by atoms with Crippen LogP contribution in [0.5, 0.6) is 11.5 Å². The molecule has 2 aromatic carbocycles. The van der Waals surface area contributed by atoms with Crippen molar-refractivity contribution in [2.45, 2.75) is 6.92 Å². The molecule has 0 aliphatic carbocycles. The lowest BCUT2D eigenvalue weighted by atomic mass is 10.1. The molecule has 0 saturated heterocycles. The number of hydrogen-bond acceptors (Lipinski definition) is 4. The highest BCUT2D eigenvalue weighted by Gasteiger charge is 2.15. The number of rotatable bonds is 6. The second-order valence-corrected chi connectivity index (χ2v) is 6.82. The third-order valence-corrected chi connectivity index (χ3v) is 4.95. The van der Waals surface area contributed by atoms with Crippen LogP contribution in [0.3, 0.4) is 0 Å². The Labute approximate surface area is 175 Å². The normalized spacial score (nSPS) is 10.9. The zero-order valence-corrected chi connectivity index (χ0v) is 17.6. The Kier molecular flexibility index (Phi) is 7.55. The first-order valence-electron chi connectivity index (χ1n) is 7.78. The Morgan fingerprint density at radius 3 is 2.70 bits per heavy atom. The van der Waals surface area contributed by atoms with Crippen LogP contribution in [0.1, 0.15) is 12.5 Å². The fourth-order valence-corrected chi connectivity index (χ4v) is 2.97. The molecule has 5 nitrogen and oxygen atoms in total. The van der Waals surface area contributed by atoms with Crippen LogP contribution in [0.15, 0.2) is 40.4 Å². The van der Waals surface area contributed by atoms with Crippen molar-refractivity contribution < 1.29 is 14.3 Å². The second-order valence-electron chi connectivity index (χ2n) is 5.18. The van der Waals surface area contributed by atoms with Gasteiger partial charge in [-0.1, -0.05) is 45.2 Å². The summed E-state index contributed by atoms with van der Waals surface area (Å²) < 4.78 is 11.4. The van der Waals surface area contributed by atoms with Crippen LogP contribution in [-0.2, 0) is 4.79 Å². The number of carbonyl (C=O) groups is 1. The molecule has 8 heteroatoms. The maximum absolute atomic E-state index is 12.5. The quantitative estimate of drug-likeness (QED) is 0.434. The van der Waals surface area contributed by atoms with Gasteiger partial charge in [-0.15, -0.1) is 0 Å². The number of nitrogens with one attached hydrogen (secondary N) is 1. The minimum atomic E-state index is -0.610. The van der Waals surface area contributed by atoms with Crippen molar-refractivity contribution in [3.8, 4) is 17.6 Å². The van der Waals surface area contributed by atoms with E-state index in [2.05, 4.69) is 21.2 Å². The number of anilines is 1. The number of halogens is 3. The van der Waals surface area contributed by atoms with Crippen molar-refractivity contribution in [1.82, 2.24) is 0 Å². The van der Waals surface area contributed by atoms with Gasteiger partial charge in [-0.2, -0.15) is 5.26 Å². The van der Waals surface area contributed by atoms with Crippen molar-refractivity contribution in [3.05, 3.63) is 56.0 Å². The zero-order chi connectivity index (χ0) is 20.0. The van der Waals surface area contributed by atoms with Crippen LogP contribution in [0.25, 0.3) is 6.08 Å². The summed E-state index contributed by atoms with van der Waals surface area (Å²) in [4.78, 5) is 12.5. The fourth-order valence-electron chi connectivity index (χ4n) is 2.18. The van der Waals surface area contributed by atoms with E-state index in [4.69, 9.17) is 32.7 Å². The molecule has 0 unspecified atom stereocenters. The summed E-state index contributed by atoms with van der Waals surface area (Å²) in [6.07, 6.45) is 1.44. The summed E-state index contributed by atoms with van der Waals surface area (Å²) in [5, 5.41) is 12.5. The van der Waals surface area contributed by atoms with E-state index in [9.17, 15) is 10.1 Å². The lowest BCUT2D eigenvalue weighted by molar-refractivity contribution is -0.112. The van der Waals surface area contributed by atoms with Crippen molar-refractivity contribution in [1.29, 1.82) is 5.26 Å². The van der Waals surface area contributed by atoms with Crippen LogP contribution in [0.4, 0.5) is 5.69 Å². The lowest BCUT2D eigenvalue weighted by Gasteiger charge is -2.12. The average molecular weight is 470 g/mol. The van der Waals surface area contributed by atoms with Gasteiger partial charge >= 0.3 is 0 Å². The van der Waals surface area contributed by atoms with Gasteiger partial charge < -0.3 is 14.8 Å². The predicted octanol–water partition coefficient (Wildman–Crippen LogP) is 5.71. The van der Waals surface area contributed by atoms with Gasteiger partial charge in [-0.25, -0.2) is 0 Å². The third-order valence-electron chi connectivity index (χ3n) is 3.45. The molecule has 0 fully saturated rings. The Hall–Kier alpha value is -2.20. The number of nitrogens with zero attached hydrogens (tertiary/aromatic N) is 1. The van der Waals surface area contributed by atoms with Gasteiger partial charge in [0.15, 0.2) is 11.5 Å². The number of ether oxygens (including phenoxy) is 2.